The number of aromatic nitrogens is 2. The highest BCUT2D eigenvalue weighted by molar-refractivity contribution is 5.37. The largest absolute Gasteiger partial charge is 0.473 e. The van der Waals surface area contributed by atoms with E-state index in [2.05, 4.69) is 20.9 Å². The summed E-state index contributed by atoms with van der Waals surface area (Å²) < 4.78 is 12.0. The molecule has 0 amide bonds. The van der Waals surface area contributed by atoms with E-state index in [4.69, 9.17) is 9.47 Å². The Kier molecular flexibility index (Phi) is 4.35. The number of benzene rings is 1. The van der Waals surface area contributed by atoms with Gasteiger partial charge in [-0.3, -0.25) is 9.88 Å². The molecule has 1 aromatic carbocycles. The monoisotopic (exact) mass is 336 g/mol. The number of nitriles is 1. The van der Waals surface area contributed by atoms with E-state index < -0.39 is 0 Å². The van der Waals surface area contributed by atoms with Crippen LogP contribution in [0.1, 0.15) is 24.0 Å². The average molecular weight is 336 g/mol. The van der Waals surface area contributed by atoms with Crippen LogP contribution in [0.2, 0.25) is 0 Å². The molecule has 0 bridgehead atoms. The maximum Gasteiger partial charge on any atom is 0.232 e. The van der Waals surface area contributed by atoms with Gasteiger partial charge in [0.1, 0.15) is 6.10 Å². The summed E-state index contributed by atoms with van der Waals surface area (Å²) in [4.78, 5) is 10.6. The van der Waals surface area contributed by atoms with Gasteiger partial charge in [-0.15, -0.1) is 0 Å². The predicted octanol–water partition coefficient (Wildman–Crippen LogP) is 2.16. The van der Waals surface area contributed by atoms with Crippen LogP contribution in [0.25, 0.3) is 0 Å². The molecule has 4 rings (SSSR count). The van der Waals surface area contributed by atoms with Crippen LogP contribution in [0, 0.1) is 11.3 Å². The van der Waals surface area contributed by atoms with Crippen molar-refractivity contribution in [3.8, 4) is 11.9 Å². The first-order valence-corrected chi connectivity index (χ1v) is 8.53. The SMILES string of the molecule is N#Cc1ccccc1CN1CC2(CC(Oc3cnccn3)CCO2)C1. The van der Waals surface area contributed by atoms with Crippen LogP contribution < -0.4 is 4.74 Å². The van der Waals surface area contributed by atoms with Crippen LogP contribution in [0.4, 0.5) is 0 Å². The maximum atomic E-state index is 9.22. The number of hydrogen-bond donors (Lipinski definition) is 0. The highest BCUT2D eigenvalue weighted by Crippen LogP contribution is 2.36. The summed E-state index contributed by atoms with van der Waals surface area (Å²) in [6.45, 7) is 3.22. The van der Waals surface area contributed by atoms with Gasteiger partial charge in [-0.2, -0.15) is 5.26 Å². The number of ether oxygens (including phenoxy) is 2. The van der Waals surface area contributed by atoms with Gasteiger partial charge in [-0.05, 0) is 11.6 Å². The lowest BCUT2D eigenvalue weighted by Gasteiger charge is -2.53. The summed E-state index contributed by atoms with van der Waals surface area (Å²) in [5.74, 6) is 0.573. The molecule has 2 aliphatic heterocycles. The van der Waals surface area contributed by atoms with Crippen molar-refractivity contribution in [1.82, 2.24) is 14.9 Å². The van der Waals surface area contributed by atoms with Crippen molar-refractivity contribution in [2.75, 3.05) is 19.7 Å². The van der Waals surface area contributed by atoms with Crippen LogP contribution >= 0.6 is 0 Å². The summed E-state index contributed by atoms with van der Waals surface area (Å²) >= 11 is 0. The number of likely N-dealkylation sites (tertiary alicyclic amines) is 1. The maximum absolute atomic E-state index is 9.22. The zero-order valence-electron chi connectivity index (χ0n) is 14.0. The van der Waals surface area contributed by atoms with Gasteiger partial charge in [-0.25, -0.2) is 4.98 Å². The van der Waals surface area contributed by atoms with E-state index in [0.717, 1.165) is 43.6 Å². The van der Waals surface area contributed by atoms with E-state index >= 15 is 0 Å². The van der Waals surface area contributed by atoms with E-state index in [1.54, 1.807) is 18.6 Å². The van der Waals surface area contributed by atoms with Crippen LogP contribution in [-0.2, 0) is 11.3 Å². The summed E-state index contributed by atoms with van der Waals surface area (Å²) in [5.41, 5.74) is 1.69. The van der Waals surface area contributed by atoms with Gasteiger partial charge >= 0.3 is 0 Å². The van der Waals surface area contributed by atoms with Gasteiger partial charge in [0.25, 0.3) is 0 Å². The third-order valence-corrected chi connectivity index (χ3v) is 4.83. The van der Waals surface area contributed by atoms with Gasteiger partial charge < -0.3 is 9.47 Å². The van der Waals surface area contributed by atoms with Crippen LogP contribution in [0.3, 0.4) is 0 Å². The first-order chi connectivity index (χ1) is 12.3. The second-order valence-electron chi connectivity index (χ2n) is 6.72. The van der Waals surface area contributed by atoms with Crippen molar-refractivity contribution in [2.24, 2.45) is 0 Å². The molecule has 1 atom stereocenters. The molecule has 2 aromatic rings. The van der Waals surface area contributed by atoms with E-state index in [9.17, 15) is 5.26 Å². The number of hydrogen-bond acceptors (Lipinski definition) is 6. The molecular weight excluding hydrogens is 316 g/mol. The minimum absolute atomic E-state index is 0.110. The summed E-state index contributed by atoms with van der Waals surface area (Å²) in [5, 5.41) is 9.22. The average Bonchev–Trinajstić information content (AvgIpc) is 2.62. The van der Waals surface area contributed by atoms with Crippen LogP contribution in [0.15, 0.2) is 42.9 Å². The topological polar surface area (TPSA) is 71.3 Å². The molecule has 1 unspecified atom stereocenters. The van der Waals surface area contributed by atoms with E-state index in [0.29, 0.717) is 12.5 Å². The molecule has 6 nitrogen and oxygen atoms in total. The summed E-state index contributed by atoms with van der Waals surface area (Å²) in [6, 6.07) is 10.0. The Morgan fingerprint density at radius 3 is 3.00 bits per heavy atom. The number of nitrogens with zero attached hydrogens (tertiary/aromatic N) is 4. The van der Waals surface area contributed by atoms with Gasteiger partial charge in [-0.1, -0.05) is 18.2 Å². The Hall–Kier alpha value is -2.49. The molecule has 0 saturated carbocycles. The van der Waals surface area contributed by atoms with Crippen molar-refractivity contribution < 1.29 is 9.47 Å². The normalized spacial score (nSPS) is 22.1. The Bertz CT molecular complexity index is 768. The molecule has 3 heterocycles. The molecule has 2 fully saturated rings. The molecule has 1 aromatic heterocycles. The van der Waals surface area contributed by atoms with Gasteiger partial charge in [0, 0.05) is 44.9 Å². The Morgan fingerprint density at radius 2 is 2.20 bits per heavy atom. The molecule has 0 N–H and O–H groups in total. The van der Waals surface area contributed by atoms with Crippen molar-refractivity contribution in [3.63, 3.8) is 0 Å². The first-order valence-electron chi connectivity index (χ1n) is 8.53. The zero-order valence-corrected chi connectivity index (χ0v) is 14.0. The van der Waals surface area contributed by atoms with E-state index in [1.807, 2.05) is 24.3 Å². The van der Waals surface area contributed by atoms with Gasteiger partial charge in [0.05, 0.1) is 30.0 Å². The smallest absolute Gasteiger partial charge is 0.232 e. The van der Waals surface area contributed by atoms with Gasteiger partial charge in [0.2, 0.25) is 5.88 Å². The Labute approximate surface area is 147 Å². The molecule has 2 aliphatic rings. The van der Waals surface area contributed by atoms with Crippen molar-refractivity contribution in [1.29, 1.82) is 5.26 Å². The summed E-state index contributed by atoms with van der Waals surface area (Å²) in [6.07, 6.45) is 6.77. The lowest BCUT2D eigenvalue weighted by molar-refractivity contribution is -0.188. The highest BCUT2D eigenvalue weighted by Gasteiger charge is 2.48. The zero-order chi connectivity index (χ0) is 17.1. The minimum atomic E-state index is -0.132. The quantitative estimate of drug-likeness (QED) is 0.852. The van der Waals surface area contributed by atoms with Crippen molar-refractivity contribution in [3.05, 3.63) is 54.0 Å². The lowest BCUT2D eigenvalue weighted by Crippen LogP contribution is -2.65. The minimum Gasteiger partial charge on any atom is -0.473 e. The third kappa shape index (κ3) is 3.48. The third-order valence-electron chi connectivity index (χ3n) is 4.83. The Morgan fingerprint density at radius 1 is 1.32 bits per heavy atom. The second kappa shape index (κ2) is 6.79. The van der Waals surface area contributed by atoms with Crippen LogP contribution in [0.5, 0.6) is 5.88 Å². The first kappa shape index (κ1) is 16.0. The Balaban J connectivity index is 1.34. The lowest BCUT2D eigenvalue weighted by atomic mass is 9.84. The van der Waals surface area contributed by atoms with E-state index in [-0.39, 0.29) is 11.7 Å². The molecule has 25 heavy (non-hydrogen) atoms. The van der Waals surface area contributed by atoms with Crippen LogP contribution in [-0.4, -0.2) is 46.3 Å². The fourth-order valence-electron chi connectivity index (χ4n) is 3.71. The van der Waals surface area contributed by atoms with Gasteiger partial charge in [0.15, 0.2) is 0 Å². The molecule has 1 spiro atoms. The standard InChI is InChI=1S/C19H20N4O2/c20-10-15-3-1-2-4-16(15)12-23-13-19(14-23)9-17(5-8-24-19)25-18-11-21-6-7-22-18/h1-4,6-7,11,17H,5,8-9,12-14H2. The second-order valence-corrected chi connectivity index (χ2v) is 6.72. The molecular formula is C19H20N4O2. The summed E-state index contributed by atoms with van der Waals surface area (Å²) in [7, 11) is 0. The number of rotatable bonds is 4. The molecule has 6 heteroatoms. The molecule has 128 valence electrons. The molecule has 2 saturated heterocycles. The van der Waals surface area contributed by atoms with Crippen molar-refractivity contribution in [2.45, 2.75) is 31.1 Å². The molecule has 0 aliphatic carbocycles. The fraction of sp³-hybridized carbons (Fsp3) is 0.421. The highest BCUT2D eigenvalue weighted by atomic mass is 16.5. The molecule has 0 radical (unpaired) electrons. The van der Waals surface area contributed by atoms with E-state index in [1.165, 1.54) is 0 Å². The van der Waals surface area contributed by atoms with Crippen molar-refractivity contribution >= 4 is 0 Å². The fourth-order valence-corrected chi connectivity index (χ4v) is 3.71. The predicted molar refractivity (Wildman–Crippen MR) is 90.8 cm³/mol.